The van der Waals surface area contributed by atoms with Crippen molar-refractivity contribution in [3.63, 3.8) is 0 Å². The second kappa shape index (κ2) is 6.77. The van der Waals surface area contributed by atoms with Crippen LogP contribution in [-0.4, -0.2) is 35.6 Å². The van der Waals surface area contributed by atoms with Gasteiger partial charge in [0.2, 0.25) is 0 Å². The summed E-state index contributed by atoms with van der Waals surface area (Å²) in [6.07, 6.45) is 4.16. The van der Waals surface area contributed by atoms with Crippen LogP contribution in [0.4, 0.5) is 0 Å². The maximum atomic E-state index is 5.48. The predicted octanol–water partition coefficient (Wildman–Crippen LogP) is 1.43. The molecule has 0 aliphatic carbocycles. The lowest BCUT2D eigenvalue weighted by atomic mass is 10.2. The van der Waals surface area contributed by atoms with Crippen molar-refractivity contribution in [3.8, 4) is 0 Å². The van der Waals surface area contributed by atoms with Gasteiger partial charge in [0, 0.05) is 18.5 Å². The zero-order chi connectivity index (χ0) is 12.8. The third-order valence-corrected chi connectivity index (χ3v) is 3.54. The molecule has 0 amide bonds. The van der Waals surface area contributed by atoms with E-state index in [1.807, 2.05) is 12.3 Å². The molecule has 1 fully saturated rings. The Morgan fingerprint density at radius 1 is 1.78 bits per heavy atom. The Hall–Kier alpha value is -1.05. The van der Waals surface area contributed by atoms with E-state index >= 15 is 0 Å². The second-order valence-electron chi connectivity index (χ2n) is 4.01. The van der Waals surface area contributed by atoms with Gasteiger partial charge < -0.3 is 10.1 Å². The molecule has 98 valence electrons. The molecule has 0 bridgehead atoms. The molecule has 7 heteroatoms. The summed E-state index contributed by atoms with van der Waals surface area (Å²) < 4.78 is 5.48. The topological polar surface area (TPSA) is 58.5 Å². The monoisotopic (exact) mass is 284 g/mol. The van der Waals surface area contributed by atoms with Crippen LogP contribution in [0.1, 0.15) is 23.5 Å². The van der Waals surface area contributed by atoms with E-state index in [-0.39, 0.29) is 6.10 Å². The number of hydrogen-bond donors (Lipinski definition) is 2. The number of nitrogens with zero attached hydrogens (tertiary/aromatic N) is 2. The van der Waals surface area contributed by atoms with E-state index in [4.69, 9.17) is 17.0 Å². The number of hydrogen-bond acceptors (Lipinski definition) is 5. The highest BCUT2D eigenvalue weighted by molar-refractivity contribution is 7.80. The first kappa shape index (κ1) is 13.4. The molecule has 0 unspecified atom stereocenters. The smallest absolute Gasteiger partial charge is 0.187 e. The molecule has 1 aliphatic rings. The largest absolute Gasteiger partial charge is 0.376 e. The third-order valence-electron chi connectivity index (χ3n) is 2.51. The molecule has 0 aromatic carbocycles. The van der Waals surface area contributed by atoms with E-state index < -0.39 is 0 Å². The fraction of sp³-hybridized carbons (Fsp3) is 0.545. The van der Waals surface area contributed by atoms with Crippen molar-refractivity contribution in [2.75, 3.05) is 13.2 Å². The van der Waals surface area contributed by atoms with Crippen LogP contribution in [0.3, 0.4) is 0 Å². The molecule has 0 saturated carbocycles. The molecule has 18 heavy (non-hydrogen) atoms. The van der Waals surface area contributed by atoms with Gasteiger partial charge in [-0.05, 0) is 32.0 Å². The van der Waals surface area contributed by atoms with Gasteiger partial charge in [-0.3, -0.25) is 5.43 Å². The molecule has 2 N–H and O–H groups in total. The Morgan fingerprint density at radius 2 is 2.67 bits per heavy atom. The standard InChI is InChI=1S/C11H16N4OS2/c1-8-14-9(7-18-8)5-13-15-11(17)12-6-10-3-2-4-16-10/h5,7,10H,2-4,6H2,1H3,(H2,12,15,17)/b13-5-/t10-/m0/s1. The molecule has 0 radical (unpaired) electrons. The van der Waals surface area contributed by atoms with Gasteiger partial charge in [0.25, 0.3) is 0 Å². The number of hydrazone groups is 1. The van der Waals surface area contributed by atoms with Crippen molar-refractivity contribution in [2.45, 2.75) is 25.9 Å². The highest BCUT2D eigenvalue weighted by Crippen LogP contribution is 2.10. The number of thiocarbonyl (C=S) groups is 1. The summed E-state index contributed by atoms with van der Waals surface area (Å²) in [5.74, 6) is 0. The quantitative estimate of drug-likeness (QED) is 0.497. The molecule has 2 rings (SSSR count). The van der Waals surface area contributed by atoms with Crippen LogP contribution in [0, 0.1) is 6.92 Å². The van der Waals surface area contributed by atoms with Crippen molar-refractivity contribution in [1.82, 2.24) is 15.7 Å². The zero-order valence-corrected chi connectivity index (χ0v) is 11.8. The maximum Gasteiger partial charge on any atom is 0.187 e. The highest BCUT2D eigenvalue weighted by atomic mass is 32.1. The summed E-state index contributed by atoms with van der Waals surface area (Å²) in [5, 5.41) is 10.6. The van der Waals surface area contributed by atoms with E-state index in [0.29, 0.717) is 5.11 Å². The fourth-order valence-electron chi connectivity index (χ4n) is 1.65. The van der Waals surface area contributed by atoms with E-state index in [0.717, 1.165) is 36.7 Å². The van der Waals surface area contributed by atoms with Crippen molar-refractivity contribution >= 4 is 34.9 Å². The van der Waals surface area contributed by atoms with Gasteiger partial charge in [0.05, 0.1) is 23.0 Å². The molecule has 1 aromatic heterocycles. The summed E-state index contributed by atoms with van der Waals surface area (Å²) in [5.41, 5.74) is 3.60. The number of nitrogens with one attached hydrogen (secondary N) is 2. The first-order valence-corrected chi connectivity index (χ1v) is 7.13. The number of thiazole rings is 1. The normalized spacial score (nSPS) is 19.3. The van der Waals surface area contributed by atoms with Crippen LogP contribution in [0.2, 0.25) is 0 Å². The Bertz CT molecular complexity index is 426. The van der Waals surface area contributed by atoms with Crippen LogP contribution in [0.15, 0.2) is 10.5 Å². The SMILES string of the molecule is Cc1nc(/C=N\NC(=S)NC[C@@H]2CCCO2)cs1. The molecule has 1 aromatic rings. The Kier molecular flexibility index (Phi) is 5.03. The average molecular weight is 284 g/mol. The molecular formula is C11H16N4OS2. The predicted molar refractivity (Wildman–Crippen MR) is 77.2 cm³/mol. The Morgan fingerprint density at radius 3 is 3.33 bits per heavy atom. The number of ether oxygens (including phenoxy) is 1. The summed E-state index contributed by atoms with van der Waals surface area (Å²) in [6, 6.07) is 0. The molecule has 2 heterocycles. The van der Waals surface area contributed by atoms with Gasteiger partial charge in [-0.15, -0.1) is 11.3 Å². The lowest BCUT2D eigenvalue weighted by molar-refractivity contribution is 0.114. The third kappa shape index (κ3) is 4.32. The van der Waals surface area contributed by atoms with E-state index in [1.54, 1.807) is 17.6 Å². The molecule has 5 nitrogen and oxygen atoms in total. The number of rotatable bonds is 4. The molecule has 1 aliphatic heterocycles. The minimum atomic E-state index is 0.273. The van der Waals surface area contributed by atoms with Gasteiger partial charge in [-0.1, -0.05) is 0 Å². The number of aryl methyl sites for hydroxylation is 1. The lowest BCUT2D eigenvalue weighted by Gasteiger charge is -2.11. The van der Waals surface area contributed by atoms with Crippen molar-refractivity contribution < 1.29 is 4.74 Å². The molecular weight excluding hydrogens is 268 g/mol. The van der Waals surface area contributed by atoms with Crippen molar-refractivity contribution in [1.29, 1.82) is 0 Å². The second-order valence-corrected chi connectivity index (χ2v) is 5.48. The Balaban J connectivity index is 1.66. The zero-order valence-electron chi connectivity index (χ0n) is 10.2. The van der Waals surface area contributed by atoms with E-state index in [1.165, 1.54) is 0 Å². The van der Waals surface area contributed by atoms with E-state index in [9.17, 15) is 0 Å². The summed E-state index contributed by atoms with van der Waals surface area (Å²) in [6.45, 7) is 3.55. The first-order chi connectivity index (χ1) is 8.74. The van der Waals surface area contributed by atoms with Crippen molar-refractivity contribution in [3.05, 3.63) is 16.1 Å². The molecule has 1 saturated heterocycles. The van der Waals surface area contributed by atoms with Crippen LogP contribution < -0.4 is 10.7 Å². The average Bonchev–Trinajstić information content (AvgIpc) is 2.98. The molecule has 0 spiro atoms. The summed E-state index contributed by atoms with van der Waals surface area (Å²) in [7, 11) is 0. The van der Waals surface area contributed by atoms with Gasteiger partial charge in [0.1, 0.15) is 0 Å². The van der Waals surface area contributed by atoms with Crippen LogP contribution in [0.5, 0.6) is 0 Å². The van der Waals surface area contributed by atoms with Gasteiger partial charge in [-0.25, -0.2) is 4.98 Å². The van der Waals surface area contributed by atoms with Crippen LogP contribution in [-0.2, 0) is 4.74 Å². The minimum Gasteiger partial charge on any atom is -0.376 e. The highest BCUT2D eigenvalue weighted by Gasteiger charge is 2.14. The van der Waals surface area contributed by atoms with Gasteiger partial charge in [0.15, 0.2) is 5.11 Å². The van der Waals surface area contributed by atoms with Gasteiger partial charge >= 0.3 is 0 Å². The Labute approximate surface area is 116 Å². The van der Waals surface area contributed by atoms with E-state index in [2.05, 4.69) is 20.8 Å². The summed E-state index contributed by atoms with van der Waals surface area (Å²) in [4.78, 5) is 4.26. The minimum absolute atomic E-state index is 0.273. The lowest BCUT2D eigenvalue weighted by Crippen LogP contribution is -2.37. The van der Waals surface area contributed by atoms with Gasteiger partial charge in [-0.2, -0.15) is 5.10 Å². The van der Waals surface area contributed by atoms with Crippen LogP contribution in [0.25, 0.3) is 0 Å². The maximum absolute atomic E-state index is 5.48. The first-order valence-electron chi connectivity index (χ1n) is 5.84. The number of aromatic nitrogens is 1. The summed E-state index contributed by atoms with van der Waals surface area (Å²) >= 11 is 6.70. The van der Waals surface area contributed by atoms with Crippen molar-refractivity contribution in [2.24, 2.45) is 5.10 Å². The fourth-order valence-corrected chi connectivity index (χ4v) is 2.35. The molecule has 1 atom stereocenters. The van der Waals surface area contributed by atoms with Crippen LogP contribution >= 0.6 is 23.6 Å².